The van der Waals surface area contributed by atoms with Crippen LogP contribution in [0.2, 0.25) is 0 Å². The average Bonchev–Trinajstić information content (AvgIpc) is 3.01. The standard InChI is InChI=1S/C14H12N2O2S2/c1-18-8-2-3-10(9(15)6-8)16-14(17)13-7-12-11(20-13)4-5-19-12/h2-7H,15H2,1H3,(H,16,17). The highest BCUT2D eigenvalue weighted by Gasteiger charge is 2.12. The summed E-state index contributed by atoms with van der Waals surface area (Å²) in [5, 5.41) is 4.84. The highest BCUT2D eigenvalue weighted by molar-refractivity contribution is 7.27. The van der Waals surface area contributed by atoms with Crippen molar-refractivity contribution in [2.75, 3.05) is 18.2 Å². The lowest BCUT2D eigenvalue weighted by Gasteiger charge is -2.08. The fourth-order valence-corrected chi connectivity index (χ4v) is 3.85. The Morgan fingerprint density at radius 1 is 1.25 bits per heavy atom. The molecule has 0 aliphatic carbocycles. The van der Waals surface area contributed by atoms with E-state index < -0.39 is 0 Å². The van der Waals surface area contributed by atoms with Gasteiger partial charge in [-0.25, -0.2) is 0 Å². The molecule has 3 N–H and O–H groups in total. The average molecular weight is 304 g/mol. The molecule has 0 atom stereocenters. The van der Waals surface area contributed by atoms with Crippen LogP contribution in [0.15, 0.2) is 35.7 Å². The number of hydrogen-bond donors (Lipinski definition) is 2. The molecule has 3 aromatic rings. The predicted octanol–water partition coefficient (Wildman–Crippen LogP) is 3.81. The molecule has 3 rings (SSSR count). The van der Waals surface area contributed by atoms with Gasteiger partial charge in [0.25, 0.3) is 5.91 Å². The van der Waals surface area contributed by atoms with E-state index in [1.165, 1.54) is 11.3 Å². The highest BCUT2D eigenvalue weighted by Crippen LogP contribution is 2.31. The molecule has 102 valence electrons. The van der Waals surface area contributed by atoms with Crippen LogP contribution in [0.1, 0.15) is 9.67 Å². The van der Waals surface area contributed by atoms with Crippen molar-refractivity contribution in [1.29, 1.82) is 0 Å². The molecule has 4 nitrogen and oxygen atoms in total. The number of nitrogen functional groups attached to an aromatic ring is 1. The first-order valence-electron chi connectivity index (χ1n) is 5.89. The van der Waals surface area contributed by atoms with Crippen LogP contribution in [0.3, 0.4) is 0 Å². The minimum atomic E-state index is -0.143. The molecule has 0 unspecified atom stereocenters. The number of amides is 1. The third kappa shape index (κ3) is 2.35. The predicted molar refractivity (Wildman–Crippen MR) is 85.1 cm³/mol. The Bertz CT molecular complexity index is 748. The van der Waals surface area contributed by atoms with Gasteiger partial charge in [-0.15, -0.1) is 22.7 Å². The van der Waals surface area contributed by atoms with E-state index in [1.807, 2.05) is 17.5 Å². The van der Waals surface area contributed by atoms with E-state index in [2.05, 4.69) is 5.32 Å². The third-order valence-corrected chi connectivity index (χ3v) is 4.96. The normalized spacial score (nSPS) is 10.7. The number of nitrogens with two attached hydrogens (primary N) is 1. The van der Waals surface area contributed by atoms with Crippen LogP contribution in [0, 0.1) is 0 Å². The van der Waals surface area contributed by atoms with E-state index in [-0.39, 0.29) is 5.91 Å². The van der Waals surface area contributed by atoms with Gasteiger partial charge in [-0.05, 0) is 29.6 Å². The van der Waals surface area contributed by atoms with Crippen molar-refractivity contribution in [3.05, 3.63) is 40.6 Å². The van der Waals surface area contributed by atoms with Crippen LogP contribution in [-0.2, 0) is 0 Å². The molecule has 0 bridgehead atoms. The third-order valence-electron chi connectivity index (χ3n) is 2.87. The first-order valence-corrected chi connectivity index (χ1v) is 7.59. The van der Waals surface area contributed by atoms with Gasteiger partial charge in [-0.3, -0.25) is 4.79 Å². The molecule has 0 spiro atoms. The Labute approximate surface area is 123 Å². The van der Waals surface area contributed by atoms with Crippen molar-refractivity contribution in [2.24, 2.45) is 0 Å². The topological polar surface area (TPSA) is 64.3 Å². The Morgan fingerprint density at radius 2 is 2.10 bits per heavy atom. The Kier molecular flexibility index (Phi) is 3.33. The van der Waals surface area contributed by atoms with Crippen LogP contribution in [-0.4, -0.2) is 13.0 Å². The number of methoxy groups -OCH3 is 1. The minimum Gasteiger partial charge on any atom is -0.497 e. The van der Waals surface area contributed by atoms with Gasteiger partial charge in [0.2, 0.25) is 0 Å². The second kappa shape index (κ2) is 5.15. The van der Waals surface area contributed by atoms with Gasteiger partial charge < -0.3 is 15.8 Å². The van der Waals surface area contributed by atoms with E-state index in [0.29, 0.717) is 22.0 Å². The van der Waals surface area contributed by atoms with Crippen molar-refractivity contribution in [3.8, 4) is 5.75 Å². The molecule has 0 saturated carbocycles. The number of carbonyl (C=O) groups is 1. The van der Waals surface area contributed by atoms with Gasteiger partial charge in [0.15, 0.2) is 0 Å². The molecule has 2 heterocycles. The summed E-state index contributed by atoms with van der Waals surface area (Å²) in [5.41, 5.74) is 6.96. The van der Waals surface area contributed by atoms with Gasteiger partial charge >= 0.3 is 0 Å². The fraction of sp³-hybridized carbons (Fsp3) is 0.0714. The number of hydrogen-bond acceptors (Lipinski definition) is 5. The summed E-state index contributed by atoms with van der Waals surface area (Å²) in [6.07, 6.45) is 0. The summed E-state index contributed by atoms with van der Waals surface area (Å²) in [4.78, 5) is 12.9. The lowest BCUT2D eigenvalue weighted by molar-refractivity contribution is 0.103. The van der Waals surface area contributed by atoms with Crippen molar-refractivity contribution in [2.45, 2.75) is 0 Å². The molecule has 0 saturated heterocycles. The number of anilines is 2. The molecule has 0 aliphatic heterocycles. The summed E-state index contributed by atoms with van der Waals surface area (Å²) < 4.78 is 7.34. The van der Waals surface area contributed by atoms with Gasteiger partial charge in [-0.2, -0.15) is 0 Å². The highest BCUT2D eigenvalue weighted by atomic mass is 32.1. The molecular formula is C14H12N2O2S2. The largest absolute Gasteiger partial charge is 0.497 e. The van der Waals surface area contributed by atoms with E-state index in [0.717, 1.165) is 9.40 Å². The fourth-order valence-electron chi connectivity index (χ4n) is 1.84. The van der Waals surface area contributed by atoms with Gasteiger partial charge in [0.05, 0.1) is 23.4 Å². The summed E-state index contributed by atoms with van der Waals surface area (Å²) in [7, 11) is 1.57. The maximum Gasteiger partial charge on any atom is 0.265 e. The number of thiophene rings is 2. The van der Waals surface area contributed by atoms with Gasteiger partial charge in [0.1, 0.15) is 5.75 Å². The minimum absolute atomic E-state index is 0.143. The van der Waals surface area contributed by atoms with E-state index in [4.69, 9.17) is 10.5 Å². The molecule has 1 amide bonds. The lowest BCUT2D eigenvalue weighted by Crippen LogP contribution is -2.11. The maximum absolute atomic E-state index is 12.2. The summed E-state index contributed by atoms with van der Waals surface area (Å²) in [6.45, 7) is 0. The monoisotopic (exact) mass is 304 g/mol. The van der Waals surface area contributed by atoms with E-state index >= 15 is 0 Å². The molecule has 6 heteroatoms. The molecule has 0 aliphatic rings. The van der Waals surface area contributed by atoms with Crippen LogP contribution in [0.5, 0.6) is 5.75 Å². The molecule has 0 fully saturated rings. The second-order valence-electron chi connectivity index (χ2n) is 4.17. The lowest BCUT2D eigenvalue weighted by atomic mass is 10.2. The first-order chi connectivity index (χ1) is 9.67. The van der Waals surface area contributed by atoms with Gasteiger partial charge in [-0.1, -0.05) is 0 Å². The smallest absolute Gasteiger partial charge is 0.265 e. The van der Waals surface area contributed by atoms with Gasteiger partial charge in [0, 0.05) is 15.5 Å². The zero-order valence-corrected chi connectivity index (χ0v) is 12.3. The van der Waals surface area contributed by atoms with Crippen LogP contribution in [0.25, 0.3) is 9.40 Å². The number of fused-ring (bicyclic) bond motifs is 1. The molecule has 1 aromatic carbocycles. The maximum atomic E-state index is 12.2. The van der Waals surface area contributed by atoms with Crippen molar-refractivity contribution in [1.82, 2.24) is 0 Å². The quantitative estimate of drug-likeness (QED) is 0.723. The number of rotatable bonds is 3. The number of benzene rings is 1. The summed E-state index contributed by atoms with van der Waals surface area (Å²) in [5.74, 6) is 0.521. The van der Waals surface area contributed by atoms with E-state index in [1.54, 1.807) is 36.6 Å². The summed E-state index contributed by atoms with van der Waals surface area (Å²) in [6, 6.07) is 9.10. The van der Waals surface area contributed by atoms with Crippen molar-refractivity contribution < 1.29 is 9.53 Å². The Hall–Kier alpha value is -2.05. The molecule has 0 radical (unpaired) electrons. The molecule has 20 heavy (non-hydrogen) atoms. The van der Waals surface area contributed by atoms with Crippen LogP contribution >= 0.6 is 22.7 Å². The number of carbonyl (C=O) groups excluding carboxylic acids is 1. The second-order valence-corrected chi connectivity index (χ2v) is 6.20. The van der Waals surface area contributed by atoms with Crippen LogP contribution in [0.4, 0.5) is 11.4 Å². The SMILES string of the molecule is COc1ccc(NC(=O)c2cc3sccc3s2)c(N)c1. The number of nitrogens with one attached hydrogen (secondary N) is 1. The first kappa shape index (κ1) is 13.0. The van der Waals surface area contributed by atoms with E-state index in [9.17, 15) is 4.79 Å². The van der Waals surface area contributed by atoms with Crippen molar-refractivity contribution >= 4 is 49.4 Å². The molecular weight excluding hydrogens is 292 g/mol. The Balaban J connectivity index is 1.83. The Morgan fingerprint density at radius 3 is 2.80 bits per heavy atom. The summed E-state index contributed by atoms with van der Waals surface area (Å²) >= 11 is 3.11. The zero-order valence-electron chi connectivity index (χ0n) is 10.7. The molecule has 2 aromatic heterocycles. The van der Waals surface area contributed by atoms with Crippen LogP contribution < -0.4 is 15.8 Å². The number of ether oxygens (including phenoxy) is 1. The van der Waals surface area contributed by atoms with Crippen molar-refractivity contribution in [3.63, 3.8) is 0 Å². The zero-order chi connectivity index (χ0) is 14.1.